The van der Waals surface area contributed by atoms with Gasteiger partial charge in [-0.1, -0.05) is 18.2 Å². The Hall–Kier alpha value is -2.18. The van der Waals surface area contributed by atoms with Crippen molar-refractivity contribution in [1.82, 2.24) is 4.90 Å². The fourth-order valence-electron chi connectivity index (χ4n) is 3.12. The quantitative estimate of drug-likeness (QED) is 0.896. The molecule has 5 nitrogen and oxygen atoms in total. The molecule has 1 saturated heterocycles. The van der Waals surface area contributed by atoms with Crippen molar-refractivity contribution in [2.45, 2.75) is 19.4 Å². The summed E-state index contributed by atoms with van der Waals surface area (Å²) in [5.41, 5.74) is 6.82. The van der Waals surface area contributed by atoms with Crippen molar-refractivity contribution in [1.29, 1.82) is 0 Å². The minimum absolute atomic E-state index is 0.0551. The fourth-order valence-corrected chi connectivity index (χ4v) is 3.74. The van der Waals surface area contributed by atoms with Crippen LogP contribution in [0.25, 0.3) is 0 Å². The van der Waals surface area contributed by atoms with Crippen molar-refractivity contribution in [2.24, 2.45) is 11.7 Å². The van der Waals surface area contributed by atoms with Gasteiger partial charge in [-0.2, -0.15) is 0 Å². The number of rotatable bonds is 4. The third-order valence-corrected chi connectivity index (χ3v) is 5.27. The van der Waals surface area contributed by atoms with Gasteiger partial charge in [-0.05, 0) is 49.4 Å². The minimum atomic E-state index is -0.195. The molecule has 1 aromatic carbocycles. The maximum Gasteiger partial charge on any atom is 0.265 e. The van der Waals surface area contributed by atoms with E-state index in [1.165, 1.54) is 11.3 Å². The molecule has 1 aromatic heterocycles. The number of nitrogens with two attached hydrogens (primary N) is 1. The molecule has 24 heavy (non-hydrogen) atoms. The van der Waals surface area contributed by atoms with Gasteiger partial charge in [0.2, 0.25) is 0 Å². The molecule has 1 aliphatic rings. The summed E-state index contributed by atoms with van der Waals surface area (Å²) in [5, 5.41) is 4.71. The van der Waals surface area contributed by atoms with Crippen LogP contribution < -0.4 is 11.1 Å². The summed E-state index contributed by atoms with van der Waals surface area (Å²) in [7, 11) is 0. The number of hydrogen-bond acceptors (Lipinski definition) is 4. The van der Waals surface area contributed by atoms with Gasteiger partial charge >= 0.3 is 0 Å². The predicted molar refractivity (Wildman–Crippen MR) is 96.4 cm³/mol. The molecule has 2 amide bonds. The Bertz CT molecular complexity index is 730. The molecule has 0 spiro atoms. The lowest BCUT2D eigenvalue weighted by Crippen LogP contribution is -2.35. The number of nitrogens with one attached hydrogen (secondary N) is 1. The highest BCUT2D eigenvalue weighted by Gasteiger charge is 2.33. The maximum absolute atomic E-state index is 12.9. The Kier molecular flexibility index (Phi) is 4.97. The SMILES string of the molecule is CC1CC(CN)CN1C(=O)c1ccccc1NC(=O)c1cccs1. The molecular weight excluding hydrogens is 322 g/mol. The Labute approximate surface area is 145 Å². The van der Waals surface area contributed by atoms with Gasteiger partial charge in [0.1, 0.15) is 0 Å². The highest BCUT2D eigenvalue weighted by molar-refractivity contribution is 7.12. The van der Waals surface area contributed by atoms with E-state index in [0.29, 0.717) is 35.1 Å². The molecule has 0 aliphatic carbocycles. The summed E-state index contributed by atoms with van der Waals surface area (Å²) in [5.74, 6) is 0.0944. The number of benzene rings is 1. The van der Waals surface area contributed by atoms with Crippen LogP contribution in [-0.2, 0) is 0 Å². The molecule has 2 heterocycles. The van der Waals surface area contributed by atoms with Crippen LogP contribution in [0.3, 0.4) is 0 Å². The summed E-state index contributed by atoms with van der Waals surface area (Å²) in [6.45, 7) is 3.30. The van der Waals surface area contributed by atoms with Crippen molar-refractivity contribution < 1.29 is 9.59 Å². The number of anilines is 1. The Morgan fingerprint density at radius 3 is 2.75 bits per heavy atom. The van der Waals surface area contributed by atoms with Gasteiger partial charge in [0.25, 0.3) is 11.8 Å². The second-order valence-electron chi connectivity index (χ2n) is 6.12. The van der Waals surface area contributed by atoms with Gasteiger partial charge in [0.15, 0.2) is 0 Å². The Morgan fingerprint density at radius 2 is 2.08 bits per heavy atom. The summed E-state index contributed by atoms with van der Waals surface area (Å²) < 4.78 is 0. The first-order valence-electron chi connectivity index (χ1n) is 8.05. The van der Waals surface area contributed by atoms with Crippen LogP contribution in [0.1, 0.15) is 33.4 Å². The fraction of sp³-hybridized carbons (Fsp3) is 0.333. The van der Waals surface area contributed by atoms with Crippen LogP contribution in [0, 0.1) is 5.92 Å². The molecule has 3 rings (SSSR count). The number of carbonyl (C=O) groups is 2. The zero-order chi connectivity index (χ0) is 17.1. The molecule has 6 heteroatoms. The summed E-state index contributed by atoms with van der Waals surface area (Å²) in [6.07, 6.45) is 0.923. The molecule has 3 N–H and O–H groups in total. The van der Waals surface area contributed by atoms with Gasteiger partial charge in [0, 0.05) is 12.6 Å². The van der Waals surface area contributed by atoms with E-state index in [2.05, 4.69) is 5.32 Å². The molecule has 2 aromatic rings. The van der Waals surface area contributed by atoms with Crippen molar-refractivity contribution in [3.8, 4) is 0 Å². The van der Waals surface area contributed by atoms with Gasteiger partial charge in [-0.15, -0.1) is 11.3 Å². The van der Waals surface area contributed by atoms with E-state index in [9.17, 15) is 9.59 Å². The van der Waals surface area contributed by atoms with E-state index in [-0.39, 0.29) is 17.9 Å². The van der Waals surface area contributed by atoms with Gasteiger partial charge in [0.05, 0.1) is 16.1 Å². The van der Waals surface area contributed by atoms with E-state index < -0.39 is 0 Å². The first-order valence-corrected chi connectivity index (χ1v) is 8.93. The molecule has 126 valence electrons. The average Bonchev–Trinajstić information content (AvgIpc) is 3.24. The van der Waals surface area contributed by atoms with Gasteiger partial charge in [-0.3, -0.25) is 9.59 Å². The topological polar surface area (TPSA) is 75.4 Å². The molecule has 1 fully saturated rings. The normalized spacial score (nSPS) is 20.2. The van der Waals surface area contributed by atoms with Gasteiger partial charge in [-0.25, -0.2) is 0 Å². The molecule has 0 bridgehead atoms. The number of hydrogen-bond donors (Lipinski definition) is 2. The van der Waals surface area contributed by atoms with E-state index in [4.69, 9.17) is 5.73 Å². The van der Waals surface area contributed by atoms with Crippen molar-refractivity contribution in [2.75, 3.05) is 18.4 Å². The number of carbonyl (C=O) groups excluding carboxylic acids is 2. The standard InChI is InChI=1S/C18H21N3O2S/c1-12-9-13(10-19)11-21(12)18(23)14-5-2-3-6-15(14)20-17(22)16-7-4-8-24-16/h2-8,12-13H,9-11,19H2,1H3,(H,20,22). The van der Waals surface area contributed by atoms with Crippen LogP contribution in [0.15, 0.2) is 41.8 Å². The van der Waals surface area contributed by atoms with E-state index in [1.807, 2.05) is 35.4 Å². The van der Waals surface area contributed by atoms with Crippen LogP contribution >= 0.6 is 11.3 Å². The second-order valence-corrected chi connectivity index (χ2v) is 7.07. The Balaban J connectivity index is 1.81. The minimum Gasteiger partial charge on any atom is -0.336 e. The number of nitrogens with zero attached hydrogens (tertiary/aromatic N) is 1. The zero-order valence-electron chi connectivity index (χ0n) is 13.6. The third-order valence-electron chi connectivity index (χ3n) is 4.41. The predicted octanol–water partition coefficient (Wildman–Crippen LogP) is 2.81. The first-order chi connectivity index (χ1) is 11.6. The number of para-hydroxylation sites is 1. The van der Waals surface area contributed by atoms with Crippen LogP contribution in [0.5, 0.6) is 0 Å². The summed E-state index contributed by atoms with van der Waals surface area (Å²) >= 11 is 1.37. The van der Waals surface area contributed by atoms with Crippen molar-refractivity contribution in [3.05, 3.63) is 52.2 Å². The lowest BCUT2D eigenvalue weighted by atomic mass is 10.1. The van der Waals surface area contributed by atoms with E-state index in [1.54, 1.807) is 18.2 Å². The molecule has 1 aliphatic heterocycles. The van der Waals surface area contributed by atoms with E-state index in [0.717, 1.165) is 6.42 Å². The van der Waals surface area contributed by atoms with Gasteiger partial charge < -0.3 is 16.0 Å². The number of likely N-dealkylation sites (tertiary alicyclic amines) is 1. The smallest absolute Gasteiger partial charge is 0.265 e. The molecular formula is C18H21N3O2S. The highest BCUT2D eigenvalue weighted by Crippen LogP contribution is 2.27. The lowest BCUT2D eigenvalue weighted by molar-refractivity contribution is 0.0744. The summed E-state index contributed by atoms with van der Waals surface area (Å²) in [6, 6.07) is 10.9. The molecule has 2 unspecified atom stereocenters. The first kappa shape index (κ1) is 16.7. The van der Waals surface area contributed by atoms with Crippen molar-refractivity contribution in [3.63, 3.8) is 0 Å². The lowest BCUT2D eigenvalue weighted by Gasteiger charge is -2.23. The highest BCUT2D eigenvalue weighted by atomic mass is 32.1. The molecule has 0 radical (unpaired) electrons. The van der Waals surface area contributed by atoms with Crippen LogP contribution in [-0.4, -0.2) is 35.8 Å². The van der Waals surface area contributed by atoms with Crippen molar-refractivity contribution >= 4 is 28.8 Å². The maximum atomic E-state index is 12.9. The molecule has 2 atom stereocenters. The number of thiophene rings is 1. The monoisotopic (exact) mass is 343 g/mol. The largest absolute Gasteiger partial charge is 0.336 e. The average molecular weight is 343 g/mol. The van der Waals surface area contributed by atoms with E-state index >= 15 is 0 Å². The van der Waals surface area contributed by atoms with Crippen LogP contribution in [0.4, 0.5) is 5.69 Å². The third kappa shape index (κ3) is 3.34. The second kappa shape index (κ2) is 7.15. The zero-order valence-corrected chi connectivity index (χ0v) is 14.4. The Morgan fingerprint density at radius 1 is 1.29 bits per heavy atom. The number of amides is 2. The van der Waals surface area contributed by atoms with Crippen LogP contribution in [0.2, 0.25) is 0 Å². The molecule has 0 saturated carbocycles. The summed E-state index contributed by atoms with van der Waals surface area (Å²) in [4.78, 5) is 27.7.